The number of hydrogen-bond donors (Lipinski definition) is 1. The Labute approximate surface area is 88.7 Å². The number of benzene rings is 1. The van der Waals surface area contributed by atoms with Gasteiger partial charge in [0.2, 0.25) is 0 Å². The van der Waals surface area contributed by atoms with Gasteiger partial charge in [-0.05, 0) is 47.2 Å². The molecule has 12 heavy (non-hydrogen) atoms. The Balaban J connectivity index is 3.37. The fourth-order valence-corrected chi connectivity index (χ4v) is 1.70. The van der Waals surface area contributed by atoms with Crippen molar-refractivity contribution in [1.82, 2.24) is 0 Å². The number of aromatic carboxylic acids is 1. The SMILES string of the molecule is Cc1cc(Cl)cc(C(=O)O)c1I. The number of carboxylic acid groups (broad SMARTS) is 1. The largest absolute Gasteiger partial charge is 0.478 e. The van der Waals surface area contributed by atoms with Crippen LogP contribution in [-0.4, -0.2) is 11.1 Å². The predicted octanol–water partition coefficient (Wildman–Crippen LogP) is 2.95. The summed E-state index contributed by atoms with van der Waals surface area (Å²) >= 11 is 7.70. The van der Waals surface area contributed by atoms with Crippen LogP contribution < -0.4 is 0 Å². The van der Waals surface area contributed by atoms with Crippen molar-refractivity contribution < 1.29 is 9.90 Å². The molecule has 0 spiro atoms. The lowest BCUT2D eigenvalue weighted by Crippen LogP contribution is -2.01. The Kier molecular flexibility index (Phi) is 2.95. The van der Waals surface area contributed by atoms with Crippen LogP contribution in [0.15, 0.2) is 12.1 Å². The molecule has 0 aliphatic rings. The lowest BCUT2D eigenvalue weighted by Gasteiger charge is -2.03. The number of halogens is 2. The summed E-state index contributed by atoms with van der Waals surface area (Å²) in [6, 6.07) is 3.20. The molecule has 1 aromatic carbocycles. The van der Waals surface area contributed by atoms with Crippen molar-refractivity contribution in [2.24, 2.45) is 0 Å². The number of aryl methyl sites for hydroxylation is 1. The van der Waals surface area contributed by atoms with E-state index in [4.69, 9.17) is 16.7 Å². The van der Waals surface area contributed by atoms with E-state index in [1.165, 1.54) is 6.07 Å². The first-order chi connectivity index (χ1) is 5.52. The number of hydrogen-bond acceptors (Lipinski definition) is 1. The monoisotopic (exact) mass is 296 g/mol. The topological polar surface area (TPSA) is 37.3 Å². The van der Waals surface area contributed by atoms with Crippen LogP contribution in [0.3, 0.4) is 0 Å². The molecule has 1 N–H and O–H groups in total. The van der Waals surface area contributed by atoms with Crippen molar-refractivity contribution in [1.29, 1.82) is 0 Å². The molecule has 0 aliphatic heterocycles. The molecule has 0 amide bonds. The normalized spacial score (nSPS) is 9.92. The number of rotatable bonds is 1. The maximum atomic E-state index is 10.7. The summed E-state index contributed by atoms with van der Waals surface area (Å²) in [6.45, 7) is 1.83. The minimum Gasteiger partial charge on any atom is -0.478 e. The Morgan fingerprint density at radius 1 is 1.58 bits per heavy atom. The summed E-state index contributed by atoms with van der Waals surface area (Å²) in [5, 5.41) is 9.21. The third kappa shape index (κ3) is 1.90. The second-order valence-electron chi connectivity index (χ2n) is 2.39. The lowest BCUT2D eigenvalue weighted by atomic mass is 10.1. The van der Waals surface area contributed by atoms with Crippen molar-refractivity contribution in [3.8, 4) is 0 Å². The van der Waals surface area contributed by atoms with Crippen LogP contribution in [0.2, 0.25) is 5.02 Å². The van der Waals surface area contributed by atoms with E-state index in [9.17, 15) is 4.79 Å². The molecule has 0 radical (unpaired) electrons. The summed E-state index contributed by atoms with van der Waals surface area (Å²) in [7, 11) is 0. The maximum Gasteiger partial charge on any atom is 0.336 e. The molecule has 1 rings (SSSR count). The third-order valence-electron chi connectivity index (χ3n) is 1.45. The second-order valence-corrected chi connectivity index (χ2v) is 3.90. The molecule has 0 unspecified atom stereocenters. The van der Waals surface area contributed by atoms with E-state index in [0.717, 1.165) is 9.13 Å². The number of carboxylic acids is 1. The van der Waals surface area contributed by atoms with E-state index in [1.54, 1.807) is 6.07 Å². The van der Waals surface area contributed by atoms with Gasteiger partial charge in [-0.2, -0.15) is 0 Å². The van der Waals surface area contributed by atoms with Crippen LogP contribution in [0.5, 0.6) is 0 Å². The zero-order valence-corrected chi connectivity index (χ0v) is 9.18. The zero-order valence-electron chi connectivity index (χ0n) is 6.27. The Morgan fingerprint density at radius 3 is 2.67 bits per heavy atom. The molecule has 2 nitrogen and oxygen atoms in total. The molecule has 1 aromatic rings. The first kappa shape index (κ1) is 9.80. The lowest BCUT2D eigenvalue weighted by molar-refractivity contribution is 0.0695. The van der Waals surface area contributed by atoms with E-state index in [2.05, 4.69) is 0 Å². The van der Waals surface area contributed by atoms with Crippen molar-refractivity contribution >= 4 is 40.2 Å². The fourth-order valence-electron chi connectivity index (χ4n) is 0.881. The molecule has 0 saturated heterocycles. The minimum atomic E-state index is -0.940. The van der Waals surface area contributed by atoms with Gasteiger partial charge in [0.05, 0.1) is 5.56 Å². The first-order valence-corrected chi connectivity index (χ1v) is 4.67. The van der Waals surface area contributed by atoms with E-state index in [1.807, 2.05) is 29.5 Å². The highest BCUT2D eigenvalue weighted by Crippen LogP contribution is 2.22. The van der Waals surface area contributed by atoms with Crippen LogP contribution in [0.1, 0.15) is 15.9 Å². The van der Waals surface area contributed by atoms with Crippen LogP contribution in [0.4, 0.5) is 0 Å². The van der Waals surface area contributed by atoms with Gasteiger partial charge in [-0.25, -0.2) is 4.79 Å². The molecule has 64 valence electrons. The molecular formula is C8H6ClIO2. The predicted molar refractivity (Wildman–Crippen MR) is 55.9 cm³/mol. The van der Waals surface area contributed by atoms with E-state index < -0.39 is 5.97 Å². The van der Waals surface area contributed by atoms with Crippen molar-refractivity contribution in [2.75, 3.05) is 0 Å². The average molecular weight is 296 g/mol. The van der Waals surface area contributed by atoms with Crippen LogP contribution >= 0.6 is 34.2 Å². The first-order valence-electron chi connectivity index (χ1n) is 3.21. The van der Waals surface area contributed by atoms with Gasteiger partial charge in [0, 0.05) is 8.59 Å². The third-order valence-corrected chi connectivity index (χ3v) is 3.10. The van der Waals surface area contributed by atoms with Gasteiger partial charge in [-0.1, -0.05) is 11.6 Å². The van der Waals surface area contributed by atoms with Crippen molar-refractivity contribution in [2.45, 2.75) is 6.92 Å². The average Bonchev–Trinajstić information content (AvgIpc) is 1.96. The maximum absolute atomic E-state index is 10.7. The molecule has 4 heteroatoms. The highest BCUT2D eigenvalue weighted by Gasteiger charge is 2.10. The second kappa shape index (κ2) is 3.62. The van der Waals surface area contributed by atoms with Gasteiger partial charge in [0.25, 0.3) is 0 Å². The summed E-state index contributed by atoms with van der Waals surface area (Å²) in [5.41, 5.74) is 1.15. The van der Waals surface area contributed by atoms with E-state index in [-0.39, 0.29) is 5.56 Å². The summed E-state index contributed by atoms with van der Waals surface area (Å²) in [5.74, 6) is -0.940. The van der Waals surface area contributed by atoms with Crippen molar-refractivity contribution in [3.05, 3.63) is 31.9 Å². The molecule has 0 heterocycles. The molecule has 0 bridgehead atoms. The number of carbonyl (C=O) groups is 1. The molecule has 0 aromatic heterocycles. The quantitative estimate of drug-likeness (QED) is 0.809. The van der Waals surface area contributed by atoms with Gasteiger partial charge < -0.3 is 5.11 Å². The highest BCUT2D eigenvalue weighted by molar-refractivity contribution is 14.1. The minimum absolute atomic E-state index is 0.264. The molecule has 0 saturated carbocycles. The Morgan fingerprint density at radius 2 is 2.17 bits per heavy atom. The molecule has 0 atom stereocenters. The summed E-state index contributed by atoms with van der Waals surface area (Å²) in [6.07, 6.45) is 0. The smallest absolute Gasteiger partial charge is 0.336 e. The fraction of sp³-hybridized carbons (Fsp3) is 0.125. The molecular weight excluding hydrogens is 290 g/mol. The van der Waals surface area contributed by atoms with E-state index >= 15 is 0 Å². The highest BCUT2D eigenvalue weighted by atomic mass is 127. The summed E-state index contributed by atoms with van der Waals surface area (Å²) < 4.78 is 0.740. The van der Waals surface area contributed by atoms with Gasteiger partial charge in [0.1, 0.15) is 0 Å². The molecule has 0 fully saturated rings. The van der Waals surface area contributed by atoms with Crippen LogP contribution in [0.25, 0.3) is 0 Å². The molecule has 0 aliphatic carbocycles. The Hall–Kier alpha value is -0.290. The van der Waals surface area contributed by atoms with Crippen molar-refractivity contribution in [3.63, 3.8) is 0 Å². The Bertz CT molecular complexity index is 336. The van der Waals surface area contributed by atoms with E-state index in [0.29, 0.717) is 5.02 Å². The van der Waals surface area contributed by atoms with Crippen LogP contribution in [0, 0.1) is 10.5 Å². The summed E-state index contributed by atoms with van der Waals surface area (Å²) in [4.78, 5) is 10.7. The van der Waals surface area contributed by atoms with Gasteiger partial charge in [0.15, 0.2) is 0 Å². The van der Waals surface area contributed by atoms with Gasteiger partial charge in [-0.3, -0.25) is 0 Å². The standard InChI is InChI=1S/C8H6ClIO2/c1-4-2-5(9)3-6(7(4)10)8(11)12/h2-3H,1H3,(H,11,12). The zero-order chi connectivity index (χ0) is 9.30. The van der Waals surface area contributed by atoms with Gasteiger partial charge in [-0.15, -0.1) is 0 Å². The van der Waals surface area contributed by atoms with Crippen LogP contribution in [-0.2, 0) is 0 Å². The van der Waals surface area contributed by atoms with Gasteiger partial charge >= 0.3 is 5.97 Å².